The number of rotatable bonds is 6. The number of sulfonamides is 1. The summed E-state index contributed by atoms with van der Waals surface area (Å²) in [5.41, 5.74) is 5.47. The zero-order valence-corrected chi connectivity index (χ0v) is 26.4. The SMILES string of the molecule is CNC(=O)c1c(-c2ccc(C)cc2)oc2cc(N(C)S(C)(=O)=O)c([C@H]3CCCN(C(=O)c4cn(C)c5ccccc45)C3)cc12. The number of nitrogens with zero attached hydrogens (tertiary/aromatic N) is 3. The minimum absolute atomic E-state index is 0.0541. The van der Waals surface area contributed by atoms with Gasteiger partial charge in [-0.2, -0.15) is 0 Å². The number of piperidine rings is 1. The molecule has 1 atom stereocenters. The van der Waals surface area contributed by atoms with Gasteiger partial charge in [-0.15, -0.1) is 0 Å². The van der Waals surface area contributed by atoms with E-state index in [1.165, 1.54) is 11.4 Å². The van der Waals surface area contributed by atoms with E-state index in [9.17, 15) is 18.0 Å². The smallest absolute Gasteiger partial charge is 0.256 e. The molecule has 10 heteroatoms. The van der Waals surface area contributed by atoms with Gasteiger partial charge in [0, 0.05) is 74.3 Å². The van der Waals surface area contributed by atoms with Gasteiger partial charge in [0.1, 0.15) is 11.3 Å². The number of nitrogens with one attached hydrogen (secondary N) is 1. The van der Waals surface area contributed by atoms with E-state index in [2.05, 4.69) is 5.32 Å². The highest BCUT2D eigenvalue weighted by atomic mass is 32.2. The summed E-state index contributed by atoms with van der Waals surface area (Å²) in [6, 6.07) is 19.1. The van der Waals surface area contributed by atoms with Crippen molar-refractivity contribution in [3.05, 3.63) is 89.1 Å². The Morgan fingerprint density at radius 1 is 1.05 bits per heavy atom. The maximum absolute atomic E-state index is 13.9. The van der Waals surface area contributed by atoms with Gasteiger partial charge in [-0.25, -0.2) is 8.42 Å². The number of amides is 2. The summed E-state index contributed by atoms with van der Waals surface area (Å²) in [5.74, 6) is -0.102. The van der Waals surface area contributed by atoms with E-state index < -0.39 is 10.0 Å². The van der Waals surface area contributed by atoms with Crippen molar-refractivity contribution in [1.29, 1.82) is 0 Å². The number of likely N-dealkylation sites (tertiary alicyclic amines) is 1. The van der Waals surface area contributed by atoms with Gasteiger partial charge in [-0.05, 0) is 37.5 Å². The summed E-state index contributed by atoms with van der Waals surface area (Å²) in [4.78, 5) is 29.0. The van der Waals surface area contributed by atoms with Crippen LogP contribution in [0.2, 0.25) is 0 Å². The third-order valence-corrected chi connectivity index (χ3v) is 9.91. The number of benzene rings is 3. The van der Waals surface area contributed by atoms with Gasteiger partial charge in [-0.1, -0.05) is 48.0 Å². The Balaban J connectivity index is 1.48. The molecule has 1 saturated heterocycles. The van der Waals surface area contributed by atoms with Crippen LogP contribution in [0.5, 0.6) is 0 Å². The number of anilines is 1. The molecule has 2 amide bonds. The Kier molecular flexibility index (Phi) is 7.49. The molecule has 0 unspecified atom stereocenters. The molecule has 1 N–H and O–H groups in total. The van der Waals surface area contributed by atoms with Crippen molar-refractivity contribution in [2.75, 3.05) is 37.7 Å². The first-order chi connectivity index (χ1) is 21.0. The zero-order chi connectivity index (χ0) is 31.3. The number of para-hydroxylation sites is 1. The average Bonchev–Trinajstić information content (AvgIpc) is 3.56. The van der Waals surface area contributed by atoms with Crippen LogP contribution in [0.3, 0.4) is 0 Å². The quantitative estimate of drug-likeness (QED) is 0.266. The van der Waals surface area contributed by atoms with Crippen molar-refractivity contribution in [3.63, 3.8) is 0 Å². The number of carbonyl (C=O) groups excluding carboxylic acids is 2. The molecule has 0 spiro atoms. The lowest BCUT2D eigenvalue weighted by molar-refractivity contribution is 0.0709. The van der Waals surface area contributed by atoms with Crippen LogP contribution in [0.4, 0.5) is 5.69 Å². The van der Waals surface area contributed by atoms with E-state index in [0.717, 1.165) is 46.7 Å². The second-order valence-corrected chi connectivity index (χ2v) is 13.7. The van der Waals surface area contributed by atoms with Gasteiger partial charge in [0.2, 0.25) is 10.0 Å². The van der Waals surface area contributed by atoms with Crippen LogP contribution >= 0.6 is 0 Å². The van der Waals surface area contributed by atoms with Crippen molar-refractivity contribution in [1.82, 2.24) is 14.8 Å². The molecular formula is C34H36N4O5S. The first-order valence-electron chi connectivity index (χ1n) is 14.6. The molecule has 1 aliphatic heterocycles. The molecule has 0 bridgehead atoms. The van der Waals surface area contributed by atoms with Gasteiger partial charge in [0.15, 0.2) is 0 Å². The van der Waals surface area contributed by atoms with Gasteiger partial charge in [-0.3, -0.25) is 13.9 Å². The molecule has 3 heterocycles. The second-order valence-electron chi connectivity index (χ2n) is 11.7. The third-order valence-electron chi connectivity index (χ3n) is 8.72. The van der Waals surface area contributed by atoms with Crippen molar-refractivity contribution in [2.24, 2.45) is 7.05 Å². The van der Waals surface area contributed by atoms with Crippen molar-refractivity contribution < 1.29 is 22.4 Å². The first kappa shape index (κ1) is 29.5. The van der Waals surface area contributed by atoms with Crippen molar-refractivity contribution in [2.45, 2.75) is 25.7 Å². The minimum atomic E-state index is -3.63. The van der Waals surface area contributed by atoms with Crippen LogP contribution in [0, 0.1) is 6.92 Å². The fraction of sp³-hybridized carbons (Fsp3) is 0.294. The van der Waals surface area contributed by atoms with E-state index in [4.69, 9.17) is 4.42 Å². The first-order valence-corrected chi connectivity index (χ1v) is 16.5. The lowest BCUT2D eigenvalue weighted by Crippen LogP contribution is -2.39. The Morgan fingerprint density at radius 3 is 2.48 bits per heavy atom. The summed E-state index contributed by atoms with van der Waals surface area (Å²) < 4.78 is 35.2. The number of aromatic nitrogens is 1. The van der Waals surface area contributed by atoms with Gasteiger partial charge >= 0.3 is 0 Å². The normalized spacial score (nSPS) is 15.6. The van der Waals surface area contributed by atoms with Gasteiger partial charge < -0.3 is 19.2 Å². The topological polar surface area (TPSA) is 105 Å². The Hall–Kier alpha value is -4.57. The highest BCUT2D eigenvalue weighted by molar-refractivity contribution is 7.92. The summed E-state index contributed by atoms with van der Waals surface area (Å²) in [6.45, 7) is 3.00. The number of aryl methyl sites for hydroxylation is 2. The number of hydrogen-bond acceptors (Lipinski definition) is 5. The molecular weight excluding hydrogens is 576 g/mol. The van der Waals surface area contributed by atoms with Crippen LogP contribution in [-0.2, 0) is 17.1 Å². The summed E-state index contributed by atoms with van der Waals surface area (Å²) in [5, 5.41) is 4.23. The third kappa shape index (κ3) is 5.13. The molecule has 3 aromatic carbocycles. The van der Waals surface area contributed by atoms with E-state index in [0.29, 0.717) is 46.6 Å². The summed E-state index contributed by atoms with van der Waals surface area (Å²) >= 11 is 0. The van der Waals surface area contributed by atoms with E-state index >= 15 is 0 Å². The molecule has 2 aromatic heterocycles. The van der Waals surface area contributed by atoms with Crippen molar-refractivity contribution >= 4 is 49.4 Å². The Bertz CT molecular complexity index is 2020. The second kappa shape index (κ2) is 11.2. The molecule has 6 rings (SSSR count). The fourth-order valence-corrected chi connectivity index (χ4v) is 6.80. The minimum Gasteiger partial charge on any atom is -0.455 e. The summed E-state index contributed by atoms with van der Waals surface area (Å²) in [7, 11) is 1.39. The van der Waals surface area contributed by atoms with Crippen LogP contribution in [0.1, 0.15) is 50.6 Å². The molecule has 0 saturated carbocycles. The molecule has 0 radical (unpaired) electrons. The van der Waals surface area contributed by atoms with Crippen LogP contribution in [-0.4, -0.2) is 63.1 Å². The van der Waals surface area contributed by atoms with E-state index in [-0.39, 0.29) is 17.7 Å². The van der Waals surface area contributed by atoms with Crippen molar-refractivity contribution in [3.8, 4) is 11.3 Å². The predicted octanol–water partition coefficient (Wildman–Crippen LogP) is 5.68. The Labute approximate surface area is 257 Å². The molecule has 5 aromatic rings. The van der Waals surface area contributed by atoms with Crippen LogP contribution < -0.4 is 9.62 Å². The number of hydrogen-bond donors (Lipinski definition) is 1. The molecule has 1 aliphatic rings. The highest BCUT2D eigenvalue weighted by Gasteiger charge is 2.32. The van der Waals surface area contributed by atoms with E-state index in [1.54, 1.807) is 13.1 Å². The monoisotopic (exact) mass is 612 g/mol. The number of furan rings is 1. The molecule has 9 nitrogen and oxygen atoms in total. The summed E-state index contributed by atoms with van der Waals surface area (Å²) in [6.07, 6.45) is 4.55. The molecule has 1 fully saturated rings. The largest absolute Gasteiger partial charge is 0.455 e. The standard InChI is InChI=1S/C34H36N4O5S/c1-21-12-14-22(15-13-21)32-31(33(39)35-2)26-17-25(29(18-30(26)43-32)37(4)44(5,41)42)23-9-8-16-38(19-23)34(40)27-20-36(3)28-11-7-6-10-24(27)28/h6-7,10-15,17-18,20,23H,8-9,16,19H2,1-5H3,(H,35,39)/t23-/m0/s1. The van der Waals surface area contributed by atoms with Gasteiger partial charge in [0.25, 0.3) is 11.8 Å². The van der Waals surface area contributed by atoms with Crippen LogP contribution in [0.15, 0.2) is 71.3 Å². The average molecular weight is 613 g/mol. The highest BCUT2D eigenvalue weighted by Crippen LogP contribution is 2.42. The number of fused-ring (bicyclic) bond motifs is 2. The predicted molar refractivity (Wildman–Crippen MR) is 174 cm³/mol. The fourth-order valence-electron chi connectivity index (χ4n) is 6.28. The van der Waals surface area contributed by atoms with Crippen LogP contribution in [0.25, 0.3) is 33.2 Å². The maximum Gasteiger partial charge on any atom is 0.256 e. The molecule has 44 heavy (non-hydrogen) atoms. The maximum atomic E-state index is 13.9. The molecule has 228 valence electrons. The lowest BCUT2D eigenvalue weighted by atomic mass is 9.87. The zero-order valence-electron chi connectivity index (χ0n) is 25.5. The van der Waals surface area contributed by atoms with E-state index in [1.807, 2.05) is 84.2 Å². The Morgan fingerprint density at radius 2 is 1.77 bits per heavy atom. The van der Waals surface area contributed by atoms with Gasteiger partial charge in [0.05, 0.1) is 23.1 Å². The molecule has 0 aliphatic carbocycles. The lowest BCUT2D eigenvalue weighted by Gasteiger charge is -2.35. The number of carbonyl (C=O) groups is 2.